The van der Waals surface area contributed by atoms with E-state index < -0.39 is 5.97 Å². The van der Waals surface area contributed by atoms with E-state index >= 15 is 0 Å². The first-order valence-corrected chi connectivity index (χ1v) is 7.99. The molecule has 2 heterocycles. The molecule has 0 aliphatic carbocycles. The lowest BCUT2D eigenvalue weighted by Crippen LogP contribution is -2.43. The van der Waals surface area contributed by atoms with Gasteiger partial charge in [-0.3, -0.25) is 9.69 Å². The molecule has 22 heavy (non-hydrogen) atoms. The number of nitrogens with zero attached hydrogens (tertiary/aromatic N) is 1. The molecule has 2 aliphatic rings. The molecule has 1 aromatic rings. The van der Waals surface area contributed by atoms with Crippen LogP contribution < -0.4 is 9.47 Å². The van der Waals surface area contributed by atoms with Crippen molar-refractivity contribution in [2.45, 2.75) is 38.2 Å². The van der Waals surface area contributed by atoms with Gasteiger partial charge in [0.25, 0.3) is 0 Å². The monoisotopic (exact) mass is 305 g/mol. The van der Waals surface area contributed by atoms with Gasteiger partial charge in [-0.1, -0.05) is 13.0 Å². The highest BCUT2D eigenvalue weighted by atomic mass is 16.5. The lowest BCUT2D eigenvalue weighted by Gasteiger charge is -2.35. The predicted octanol–water partition coefficient (Wildman–Crippen LogP) is 2.33. The SMILES string of the molecule is CCCOc1ccc2c(c1)OC1(CC2)CCN(CC(=O)O)C1. The first-order chi connectivity index (χ1) is 10.6. The first-order valence-electron chi connectivity index (χ1n) is 7.99. The topological polar surface area (TPSA) is 59.0 Å². The van der Waals surface area contributed by atoms with Gasteiger partial charge in [0.15, 0.2) is 0 Å². The molecule has 1 atom stereocenters. The van der Waals surface area contributed by atoms with E-state index in [0.717, 1.165) is 43.7 Å². The maximum atomic E-state index is 10.9. The minimum Gasteiger partial charge on any atom is -0.493 e. The number of benzene rings is 1. The van der Waals surface area contributed by atoms with E-state index in [2.05, 4.69) is 13.0 Å². The maximum Gasteiger partial charge on any atom is 0.317 e. The van der Waals surface area contributed by atoms with Crippen LogP contribution in [0.2, 0.25) is 0 Å². The number of aliphatic carboxylic acids is 1. The lowest BCUT2D eigenvalue weighted by molar-refractivity contribution is -0.138. The van der Waals surface area contributed by atoms with Crippen LogP contribution in [0.25, 0.3) is 0 Å². The normalized spacial score (nSPS) is 24.0. The molecule has 0 radical (unpaired) electrons. The molecule has 3 rings (SSSR count). The highest BCUT2D eigenvalue weighted by molar-refractivity contribution is 5.69. The maximum absolute atomic E-state index is 10.9. The highest BCUT2D eigenvalue weighted by Crippen LogP contribution is 2.40. The van der Waals surface area contributed by atoms with E-state index in [-0.39, 0.29) is 12.1 Å². The largest absolute Gasteiger partial charge is 0.493 e. The summed E-state index contributed by atoms with van der Waals surface area (Å²) in [5, 5.41) is 8.94. The van der Waals surface area contributed by atoms with E-state index in [1.165, 1.54) is 5.56 Å². The fourth-order valence-electron chi connectivity index (χ4n) is 3.33. The first kappa shape index (κ1) is 15.2. The predicted molar refractivity (Wildman–Crippen MR) is 82.6 cm³/mol. The summed E-state index contributed by atoms with van der Waals surface area (Å²) in [5.41, 5.74) is 0.984. The summed E-state index contributed by atoms with van der Waals surface area (Å²) in [4.78, 5) is 12.8. The van der Waals surface area contributed by atoms with Crippen LogP contribution in [0.1, 0.15) is 31.7 Å². The lowest BCUT2D eigenvalue weighted by atomic mass is 9.90. The van der Waals surface area contributed by atoms with Gasteiger partial charge in [-0.15, -0.1) is 0 Å². The third-order valence-electron chi connectivity index (χ3n) is 4.44. The molecule has 2 aliphatic heterocycles. The zero-order chi connectivity index (χ0) is 15.6. The summed E-state index contributed by atoms with van der Waals surface area (Å²) in [6.45, 7) is 4.36. The van der Waals surface area contributed by atoms with Crippen LogP contribution in [0.3, 0.4) is 0 Å². The number of carbonyl (C=O) groups is 1. The summed E-state index contributed by atoms with van der Waals surface area (Å²) >= 11 is 0. The second-order valence-electron chi connectivity index (χ2n) is 6.26. The van der Waals surface area contributed by atoms with Crippen LogP contribution in [-0.2, 0) is 11.2 Å². The van der Waals surface area contributed by atoms with E-state index in [4.69, 9.17) is 14.6 Å². The Bertz CT molecular complexity index is 560. The number of ether oxygens (including phenoxy) is 2. The zero-order valence-corrected chi connectivity index (χ0v) is 13.0. The molecule has 1 aromatic carbocycles. The molecule has 1 fully saturated rings. The Kier molecular flexibility index (Phi) is 4.25. The fourth-order valence-corrected chi connectivity index (χ4v) is 3.33. The van der Waals surface area contributed by atoms with Gasteiger partial charge in [0.05, 0.1) is 13.2 Å². The Morgan fingerprint density at radius 1 is 1.45 bits per heavy atom. The van der Waals surface area contributed by atoms with Gasteiger partial charge < -0.3 is 14.6 Å². The summed E-state index contributed by atoms with van der Waals surface area (Å²) in [6, 6.07) is 6.06. The van der Waals surface area contributed by atoms with Gasteiger partial charge in [0.2, 0.25) is 0 Å². The number of aryl methyl sites for hydroxylation is 1. The van der Waals surface area contributed by atoms with Crippen molar-refractivity contribution in [1.82, 2.24) is 4.90 Å². The zero-order valence-electron chi connectivity index (χ0n) is 13.0. The number of rotatable bonds is 5. The van der Waals surface area contributed by atoms with Crippen LogP contribution >= 0.6 is 0 Å². The smallest absolute Gasteiger partial charge is 0.317 e. The summed E-state index contributed by atoms with van der Waals surface area (Å²) < 4.78 is 12.0. The average Bonchev–Trinajstić information content (AvgIpc) is 2.86. The van der Waals surface area contributed by atoms with E-state index in [1.807, 2.05) is 17.0 Å². The van der Waals surface area contributed by atoms with Crippen molar-refractivity contribution in [3.05, 3.63) is 23.8 Å². The molecule has 1 N–H and O–H groups in total. The quantitative estimate of drug-likeness (QED) is 0.905. The highest BCUT2D eigenvalue weighted by Gasteiger charge is 2.43. The van der Waals surface area contributed by atoms with Gasteiger partial charge in [-0.25, -0.2) is 0 Å². The number of carboxylic acid groups (broad SMARTS) is 1. The van der Waals surface area contributed by atoms with Crippen LogP contribution in [0.4, 0.5) is 0 Å². The van der Waals surface area contributed by atoms with Crippen LogP contribution in [0.5, 0.6) is 11.5 Å². The molecule has 1 spiro atoms. The molecule has 0 saturated carbocycles. The Morgan fingerprint density at radius 2 is 2.32 bits per heavy atom. The minimum absolute atomic E-state index is 0.0949. The fraction of sp³-hybridized carbons (Fsp3) is 0.588. The molecular weight excluding hydrogens is 282 g/mol. The van der Waals surface area contributed by atoms with Gasteiger partial charge in [0, 0.05) is 25.6 Å². The molecule has 0 amide bonds. The molecule has 0 aromatic heterocycles. The molecule has 120 valence electrons. The number of likely N-dealkylation sites (tertiary alicyclic amines) is 1. The minimum atomic E-state index is -0.775. The Morgan fingerprint density at radius 3 is 3.09 bits per heavy atom. The van der Waals surface area contributed by atoms with Crippen molar-refractivity contribution in [2.24, 2.45) is 0 Å². The van der Waals surface area contributed by atoms with Crippen LogP contribution in [0.15, 0.2) is 18.2 Å². The Balaban J connectivity index is 1.71. The Labute approximate surface area is 130 Å². The standard InChI is InChI=1S/C17H23NO4/c1-2-9-21-14-4-3-13-5-6-17(22-15(13)10-14)7-8-18(12-17)11-16(19)20/h3-4,10H,2,5-9,11-12H2,1H3,(H,19,20). The van der Waals surface area contributed by atoms with Crippen molar-refractivity contribution in [1.29, 1.82) is 0 Å². The van der Waals surface area contributed by atoms with Crippen molar-refractivity contribution < 1.29 is 19.4 Å². The van der Waals surface area contributed by atoms with Crippen LogP contribution in [-0.4, -0.2) is 47.8 Å². The van der Waals surface area contributed by atoms with Crippen molar-refractivity contribution >= 4 is 5.97 Å². The summed E-state index contributed by atoms with van der Waals surface area (Å²) in [5.74, 6) is 0.971. The van der Waals surface area contributed by atoms with E-state index in [0.29, 0.717) is 13.2 Å². The molecular formula is C17H23NO4. The van der Waals surface area contributed by atoms with Crippen molar-refractivity contribution in [3.8, 4) is 11.5 Å². The summed E-state index contributed by atoms with van der Waals surface area (Å²) in [7, 11) is 0. The number of hydrogen-bond acceptors (Lipinski definition) is 4. The summed E-state index contributed by atoms with van der Waals surface area (Å²) in [6.07, 6.45) is 3.79. The number of hydrogen-bond donors (Lipinski definition) is 1. The second-order valence-corrected chi connectivity index (χ2v) is 6.26. The number of carboxylic acids is 1. The third-order valence-corrected chi connectivity index (χ3v) is 4.44. The molecule has 5 heteroatoms. The van der Waals surface area contributed by atoms with Gasteiger partial charge >= 0.3 is 5.97 Å². The van der Waals surface area contributed by atoms with E-state index in [9.17, 15) is 4.79 Å². The molecule has 1 unspecified atom stereocenters. The van der Waals surface area contributed by atoms with E-state index in [1.54, 1.807) is 0 Å². The Hall–Kier alpha value is -1.75. The van der Waals surface area contributed by atoms with Crippen molar-refractivity contribution in [3.63, 3.8) is 0 Å². The average molecular weight is 305 g/mol. The number of fused-ring (bicyclic) bond motifs is 1. The van der Waals surface area contributed by atoms with Gasteiger partial charge in [-0.2, -0.15) is 0 Å². The van der Waals surface area contributed by atoms with Gasteiger partial charge in [0.1, 0.15) is 17.1 Å². The second kappa shape index (κ2) is 6.16. The third kappa shape index (κ3) is 3.19. The van der Waals surface area contributed by atoms with Crippen molar-refractivity contribution in [2.75, 3.05) is 26.2 Å². The van der Waals surface area contributed by atoms with Crippen LogP contribution in [0, 0.1) is 0 Å². The molecule has 1 saturated heterocycles. The molecule has 0 bridgehead atoms. The molecule has 5 nitrogen and oxygen atoms in total. The van der Waals surface area contributed by atoms with Gasteiger partial charge in [-0.05, 0) is 30.9 Å².